The highest BCUT2D eigenvalue weighted by atomic mass is 16.5. The van der Waals surface area contributed by atoms with Crippen molar-refractivity contribution in [2.45, 2.75) is 59.7 Å². The Labute approximate surface area is 110 Å². The molecule has 0 aliphatic heterocycles. The summed E-state index contributed by atoms with van der Waals surface area (Å²) >= 11 is 0. The molecule has 1 rings (SSSR count). The Bertz CT molecular complexity index is 356. The summed E-state index contributed by atoms with van der Waals surface area (Å²) in [6, 6.07) is -0.202. The summed E-state index contributed by atoms with van der Waals surface area (Å²) in [5.41, 5.74) is 7.29. The predicted octanol–water partition coefficient (Wildman–Crippen LogP) is 2.14. The van der Waals surface area contributed by atoms with Gasteiger partial charge in [-0.15, -0.1) is 5.10 Å². The molecule has 1 aromatic rings. The summed E-state index contributed by atoms with van der Waals surface area (Å²) < 4.78 is 7.71. The first kappa shape index (κ1) is 15.1. The van der Waals surface area contributed by atoms with Crippen molar-refractivity contribution in [3.05, 3.63) is 11.9 Å². The summed E-state index contributed by atoms with van der Waals surface area (Å²) in [7, 11) is 0. The van der Waals surface area contributed by atoms with E-state index in [0.717, 1.165) is 18.7 Å². The fraction of sp³-hybridized carbons (Fsp3) is 0.846. The number of hydrogen-bond acceptors (Lipinski definition) is 4. The second kappa shape index (κ2) is 6.29. The van der Waals surface area contributed by atoms with Gasteiger partial charge in [-0.2, -0.15) is 0 Å². The van der Waals surface area contributed by atoms with Crippen LogP contribution in [-0.4, -0.2) is 27.7 Å². The molecule has 2 atom stereocenters. The van der Waals surface area contributed by atoms with Crippen LogP contribution in [0.4, 0.5) is 0 Å². The normalized spacial score (nSPS) is 15.7. The fourth-order valence-electron chi connectivity index (χ4n) is 2.14. The van der Waals surface area contributed by atoms with Crippen LogP contribution in [0.25, 0.3) is 0 Å². The fourth-order valence-corrected chi connectivity index (χ4v) is 2.14. The minimum atomic E-state index is -0.202. The Balaban J connectivity index is 2.94. The summed E-state index contributed by atoms with van der Waals surface area (Å²) in [4.78, 5) is 0. The van der Waals surface area contributed by atoms with Crippen LogP contribution in [0.5, 0.6) is 0 Å². The number of rotatable bonds is 6. The van der Waals surface area contributed by atoms with Crippen molar-refractivity contribution in [2.75, 3.05) is 6.61 Å². The number of aromatic nitrogens is 3. The van der Waals surface area contributed by atoms with E-state index in [1.165, 1.54) is 0 Å². The van der Waals surface area contributed by atoms with Crippen LogP contribution in [0.3, 0.4) is 0 Å². The van der Waals surface area contributed by atoms with Crippen molar-refractivity contribution in [3.8, 4) is 0 Å². The third-order valence-corrected chi connectivity index (χ3v) is 2.95. The largest absolute Gasteiger partial charge is 0.376 e. The lowest BCUT2D eigenvalue weighted by Crippen LogP contribution is -2.40. The topological polar surface area (TPSA) is 66.0 Å². The maximum atomic E-state index is 6.36. The predicted molar refractivity (Wildman–Crippen MR) is 72.1 cm³/mol. The monoisotopic (exact) mass is 254 g/mol. The van der Waals surface area contributed by atoms with Gasteiger partial charge >= 0.3 is 0 Å². The quantitative estimate of drug-likeness (QED) is 0.844. The Morgan fingerprint density at radius 3 is 2.56 bits per heavy atom. The second-order valence-electron chi connectivity index (χ2n) is 5.65. The Hall–Kier alpha value is -0.940. The Kier molecular flexibility index (Phi) is 5.28. The molecule has 1 heterocycles. The third kappa shape index (κ3) is 3.53. The molecule has 0 fully saturated rings. The zero-order chi connectivity index (χ0) is 13.8. The van der Waals surface area contributed by atoms with Gasteiger partial charge in [0, 0.05) is 13.2 Å². The summed E-state index contributed by atoms with van der Waals surface area (Å²) in [5, 5.41) is 8.05. The molecule has 0 saturated heterocycles. The highest BCUT2D eigenvalue weighted by Gasteiger charge is 2.33. The molecule has 0 bridgehead atoms. The minimum absolute atomic E-state index is 0.0171. The van der Waals surface area contributed by atoms with Gasteiger partial charge in [0.15, 0.2) is 0 Å². The maximum Gasteiger partial charge on any atom is 0.0831 e. The van der Waals surface area contributed by atoms with Crippen LogP contribution in [0.2, 0.25) is 0 Å². The van der Waals surface area contributed by atoms with Crippen LogP contribution in [-0.2, 0) is 11.3 Å². The molecule has 5 nitrogen and oxygen atoms in total. The molecule has 0 amide bonds. The van der Waals surface area contributed by atoms with E-state index >= 15 is 0 Å². The lowest BCUT2D eigenvalue weighted by molar-refractivity contribution is -0.0299. The van der Waals surface area contributed by atoms with Crippen molar-refractivity contribution in [2.24, 2.45) is 11.1 Å². The SMILES string of the molecule is CCCn1nncc1C(N)C(OCC)C(C)(C)C. The first-order valence-electron chi connectivity index (χ1n) is 6.67. The number of aryl methyl sites for hydroxylation is 1. The molecule has 18 heavy (non-hydrogen) atoms. The molecule has 0 saturated carbocycles. The lowest BCUT2D eigenvalue weighted by atomic mass is 9.83. The van der Waals surface area contributed by atoms with Gasteiger partial charge in [0.25, 0.3) is 0 Å². The Morgan fingerprint density at radius 2 is 2.06 bits per heavy atom. The average Bonchev–Trinajstić information content (AvgIpc) is 2.72. The van der Waals surface area contributed by atoms with Gasteiger partial charge in [-0.1, -0.05) is 32.9 Å². The molecule has 104 valence electrons. The molecule has 5 heteroatoms. The van der Waals surface area contributed by atoms with Crippen molar-refractivity contribution in [3.63, 3.8) is 0 Å². The standard InChI is InChI=1S/C13H26N4O/c1-6-8-17-10(9-15-16-17)11(14)12(18-7-2)13(3,4)5/h9,11-12H,6-8,14H2,1-5H3. The van der Waals surface area contributed by atoms with Gasteiger partial charge in [-0.05, 0) is 18.8 Å². The van der Waals surface area contributed by atoms with Crippen molar-refractivity contribution < 1.29 is 4.74 Å². The van der Waals surface area contributed by atoms with Crippen molar-refractivity contribution in [1.82, 2.24) is 15.0 Å². The number of nitrogens with two attached hydrogens (primary N) is 1. The van der Waals surface area contributed by atoms with Crippen molar-refractivity contribution >= 4 is 0 Å². The highest BCUT2D eigenvalue weighted by Crippen LogP contribution is 2.31. The minimum Gasteiger partial charge on any atom is -0.376 e. The Morgan fingerprint density at radius 1 is 1.39 bits per heavy atom. The van der Waals surface area contributed by atoms with Gasteiger partial charge in [0.1, 0.15) is 0 Å². The van der Waals surface area contributed by atoms with Crippen LogP contribution in [0, 0.1) is 5.41 Å². The van der Waals surface area contributed by atoms with E-state index in [9.17, 15) is 0 Å². The average molecular weight is 254 g/mol. The summed E-state index contributed by atoms with van der Waals surface area (Å²) in [5.74, 6) is 0. The third-order valence-electron chi connectivity index (χ3n) is 2.95. The first-order valence-corrected chi connectivity index (χ1v) is 6.67. The van der Waals surface area contributed by atoms with E-state index < -0.39 is 0 Å². The maximum absolute atomic E-state index is 6.36. The first-order chi connectivity index (χ1) is 8.41. The second-order valence-corrected chi connectivity index (χ2v) is 5.65. The van der Waals surface area contributed by atoms with Crippen LogP contribution >= 0.6 is 0 Å². The van der Waals surface area contributed by atoms with E-state index in [-0.39, 0.29) is 17.6 Å². The van der Waals surface area contributed by atoms with Crippen LogP contribution < -0.4 is 5.73 Å². The summed E-state index contributed by atoms with van der Waals surface area (Å²) in [6.45, 7) is 12.0. The van der Waals surface area contributed by atoms with E-state index in [0.29, 0.717) is 6.61 Å². The van der Waals surface area contributed by atoms with Crippen molar-refractivity contribution in [1.29, 1.82) is 0 Å². The van der Waals surface area contributed by atoms with Gasteiger partial charge in [0.2, 0.25) is 0 Å². The molecule has 0 radical (unpaired) electrons. The zero-order valence-corrected chi connectivity index (χ0v) is 12.2. The van der Waals surface area contributed by atoms with Crippen LogP contribution in [0.15, 0.2) is 6.20 Å². The molecule has 0 aliphatic rings. The van der Waals surface area contributed by atoms with E-state index in [1.54, 1.807) is 6.20 Å². The number of nitrogens with zero attached hydrogens (tertiary/aromatic N) is 3. The van der Waals surface area contributed by atoms with E-state index in [4.69, 9.17) is 10.5 Å². The smallest absolute Gasteiger partial charge is 0.0831 e. The van der Waals surface area contributed by atoms with E-state index in [2.05, 4.69) is 38.0 Å². The molecular weight excluding hydrogens is 228 g/mol. The van der Waals surface area contributed by atoms with Gasteiger partial charge in [0.05, 0.1) is 24.0 Å². The highest BCUT2D eigenvalue weighted by molar-refractivity contribution is 5.06. The van der Waals surface area contributed by atoms with Crippen LogP contribution in [0.1, 0.15) is 52.8 Å². The molecule has 0 aliphatic carbocycles. The molecule has 2 unspecified atom stereocenters. The molecule has 0 aromatic carbocycles. The molecule has 0 spiro atoms. The van der Waals surface area contributed by atoms with Gasteiger partial charge in [-0.3, -0.25) is 0 Å². The molecule has 1 aromatic heterocycles. The van der Waals surface area contributed by atoms with Gasteiger partial charge in [-0.25, -0.2) is 4.68 Å². The zero-order valence-electron chi connectivity index (χ0n) is 12.2. The van der Waals surface area contributed by atoms with E-state index in [1.807, 2.05) is 11.6 Å². The van der Waals surface area contributed by atoms with Gasteiger partial charge < -0.3 is 10.5 Å². The summed E-state index contributed by atoms with van der Waals surface area (Å²) in [6.07, 6.45) is 2.72. The molecular formula is C13H26N4O. The lowest BCUT2D eigenvalue weighted by Gasteiger charge is -2.34. The molecule has 2 N–H and O–H groups in total. The number of hydrogen-bond donors (Lipinski definition) is 1. The number of ether oxygens (including phenoxy) is 1.